The molecule has 0 fully saturated rings. The molecule has 0 saturated heterocycles. The number of anilines is 1. The van der Waals surface area contributed by atoms with Crippen molar-refractivity contribution in [3.05, 3.63) is 68.3 Å². The minimum Gasteiger partial charge on any atom is -0.352 e. The van der Waals surface area contributed by atoms with E-state index in [-0.39, 0.29) is 18.2 Å². The van der Waals surface area contributed by atoms with E-state index >= 15 is 0 Å². The van der Waals surface area contributed by atoms with E-state index in [0.717, 1.165) is 10.4 Å². The molecule has 3 aromatic rings. The third-order valence-corrected chi connectivity index (χ3v) is 5.54. The zero-order valence-corrected chi connectivity index (χ0v) is 16.1. The van der Waals surface area contributed by atoms with Crippen molar-refractivity contribution in [1.29, 1.82) is 0 Å². The van der Waals surface area contributed by atoms with E-state index in [1.165, 1.54) is 22.7 Å². The molecule has 1 aromatic carbocycles. The average Bonchev–Trinajstić information content (AvgIpc) is 3.26. The molecule has 8 heteroatoms. The maximum absolute atomic E-state index is 12.1. The van der Waals surface area contributed by atoms with Gasteiger partial charge in [0, 0.05) is 21.8 Å². The van der Waals surface area contributed by atoms with Crippen molar-refractivity contribution in [3.63, 3.8) is 0 Å². The first-order valence-electron chi connectivity index (χ1n) is 7.87. The molecule has 2 heterocycles. The number of thiophene rings is 1. The zero-order chi connectivity index (χ0) is 18.4. The number of hydrogen-bond acceptors (Lipinski definition) is 5. The highest BCUT2D eigenvalue weighted by Gasteiger charge is 2.11. The van der Waals surface area contributed by atoms with Crippen LogP contribution in [0, 0.1) is 0 Å². The van der Waals surface area contributed by atoms with Gasteiger partial charge in [0.25, 0.3) is 0 Å². The van der Waals surface area contributed by atoms with E-state index in [1.807, 2.05) is 35.7 Å². The second-order valence-electron chi connectivity index (χ2n) is 5.49. The summed E-state index contributed by atoms with van der Waals surface area (Å²) in [6, 6.07) is 11.2. The fourth-order valence-electron chi connectivity index (χ4n) is 2.24. The third-order valence-electron chi connectivity index (χ3n) is 3.49. The van der Waals surface area contributed by atoms with Gasteiger partial charge >= 0.3 is 0 Å². The Kier molecular flexibility index (Phi) is 6.38. The summed E-state index contributed by atoms with van der Waals surface area (Å²) >= 11 is 8.92. The standard InChI is InChI=1S/C18H16ClN3O2S2/c19-15-6-2-1-4-12(15)10-20-16(23)8-13-11-26-18(21-13)22-17(24)9-14-5-3-7-25-14/h1-7,11H,8-10H2,(H,20,23)(H,21,22,24). The van der Waals surface area contributed by atoms with Gasteiger partial charge in [0.05, 0.1) is 18.5 Å². The lowest BCUT2D eigenvalue weighted by atomic mass is 10.2. The summed E-state index contributed by atoms with van der Waals surface area (Å²) in [7, 11) is 0. The first-order chi connectivity index (χ1) is 12.6. The second kappa shape index (κ2) is 8.93. The summed E-state index contributed by atoms with van der Waals surface area (Å²) < 4.78 is 0. The Balaban J connectivity index is 1.47. The molecule has 0 aliphatic heterocycles. The molecule has 0 aliphatic rings. The van der Waals surface area contributed by atoms with Crippen molar-refractivity contribution in [2.75, 3.05) is 5.32 Å². The van der Waals surface area contributed by atoms with Gasteiger partial charge in [-0.15, -0.1) is 22.7 Å². The summed E-state index contributed by atoms with van der Waals surface area (Å²) in [6.07, 6.45) is 0.479. The van der Waals surface area contributed by atoms with Gasteiger partial charge < -0.3 is 10.6 Å². The van der Waals surface area contributed by atoms with Crippen LogP contribution in [-0.4, -0.2) is 16.8 Å². The van der Waals surface area contributed by atoms with Crippen LogP contribution >= 0.6 is 34.3 Å². The van der Waals surface area contributed by atoms with Gasteiger partial charge in [-0.3, -0.25) is 9.59 Å². The molecule has 2 N–H and O–H groups in total. The number of nitrogens with one attached hydrogen (secondary N) is 2. The number of carbonyl (C=O) groups is 2. The molecule has 3 rings (SSSR count). The smallest absolute Gasteiger partial charge is 0.231 e. The van der Waals surface area contributed by atoms with Crippen LogP contribution in [0.25, 0.3) is 0 Å². The van der Waals surface area contributed by atoms with E-state index in [4.69, 9.17) is 11.6 Å². The van der Waals surface area contributed by atoms with Crippen molar-refractivity contribution in [3.8, 4) is 0 Å². The Bertz CT molecular complexity index is 893. The zero-order valence-electron chi connectivity index (χ0n) is 13.7. The summed E-state index contributed by atoms with van der Waals surface area (Å²) in [6.45, 7) is 0.368. The fraction of sp³-hybridized carbons (Fsp3) is 0.167. The molecular formula is C18H16ClN3O2S2. The topological polar surface area (TPSA) is 71.1 Å². The minimum atomic E-state index is -0.147. The lowest BCUT2D eigenvalue weighted by Gasteiger charge is -2.06. The maximum Gasteiger partial charge on any atom is 0.231 e. The van der Waals surface area contributed by atoms with Gasteiger partial charge in [-0.05, 0) is 23.1 Å². The molecule has 2 aromatic heterocycles. The summed E-state index contributed by atoms with van der Waals surface area (Å²) in [4.78, 5) is 29.3. The predicted octanol–water partition coefficient (Wildman–Crippen LogP) is 3.90. The van der Waals surface area contributed by atoms with Crippen molar-refractivity contribution < 1.29 is 9.59 Å². The average molecular weight is 406 g/mol. The molecule has 0 atom stereocenters. The summed E-state index contributed by atoms with van der Waals surface area (Å²) in [5.74, 6) is -0.261. The van der Waals surface area contributed by atoms with Gasteiger partial charge in [0.15, 0.2) is 5.13 Å². The fourth-order valence-corrected chi connectivity index (χ4v) is 3.88. The highest BCUT2D eigenvalue weighted by Crippen LogP contribution is 2.18. The largest absolute Gasteiger partial charge is 0.352 e. The molecule has 26 heavy (non-hydrogen) atoms. The molecule has 5 nitrogen and oxygen atoms in total. The normalized spacial score (nSPS) is 10.5. The van der Waals surface area contributed by atoms with Crippen LogP contribution in [0.5, 0.6) is 0 Å². The summed E-state index contributed by atoms with van der Waals surface area (Å²) in [5, 5.41) is 10.4. The lowest BCUT2D eigenvalue weighted by Crippen LogP contribution is -2.24. The monoisotopic (exact) mass is 405 g/mol. The Morgan fingerprint density at radius 2 is 1.88 bits per heavy atom. The van der Waals surface area contributed by atoms with Crippen molar-refractivity contribution in [2.24, 2.45) is 0 Å². The number of nitrogens with zero attached hydrogens (tertiary/aromatic N) is 1. The van der Waals surface area contributed by atoms with Crippen molar-refractivity contribution in [2.45, 2.75) is 19.4 Å². The highest BCUT2D eigenvalue weighted by molar-refractivity contribution is 7.14. The van der Waals surface area contributed by atoms with Crippen LogP contribution in [0.2, 0.25) is 5.02 Å². The van der Waals surface area contributed by atoms with Gasteiger partial charge in [-0.25, -0.2) is 4.98 Å². The molecule has 2 amide bonds. The minimum absolute atomic E-state index is 0.114. The maximum atomic E-state index is 12.1. The lowest BCUT2D eigenvalue weighted by molar-refractivity contribution is -0.120. The van der Waals surface area contributed by atoms with Crippen LogP contribution in [-0.2, 0) is 29.0 Å². The SMILES string of the molecule is O=C(Cc1csc(NC(=O)Cc2cccs2)n1)NCc1ccccc1Cl. The second-order valence-corrected chi connectivity index (χ2v) is 7.79. The van der Waals surface area contributed by atoms with E-state index in [2.05, 4.69) is 15.6 Å². The first kappa shape index (κ1) is 18.6. The number of amides is 2. The van der Waals surface area contributed by atoms with Crippen molar-refractivity contribution in [1.82, 2.24) is 10.3 Å². The van der Waals surface area contributed by atoms with E-state index in [1.54, 1.807) is 11.4 Å². The van der Waals surface area contributed by atoms with E-state index in [0.29, 0.717) is 28.8 Å². The highest BCUT2D eigenvalue weighted by atomic mass is 35.5. The van der Waals surface area contributed by atoms with Crippen molar-refractivity contribution >= 4 is 51.2 Å². The Hall–Kier alpha value is -2.22. The van der Waals surface area contributed by atoms with E-state index in [9.17, 15) is 9.59 Å². The Morgan fingerprint density at radius 3 is 2.65 bits per heavy atom. The number of carbonyl (C=O) groups excluding carboxylic acids is 2. The van der Waals surface area contributed by atoms with Crippen LogP contribution in [0.15, 0.2) is 47.2 Å². The number of benzene rings is 1. The molecule has 134 valence electrons. The molecule has 0 unspecified atom stereocenters. The molecule has 0 spiro atoms. The van der Waals surface area contributed by atoms with Crippen LogP contribution < -0.4 is 10.6 Å². The molecule has 0 bridgehead atoms. The Labute approximate surface area is 164 Å². The molecule has 0 aliphatic carbocycles. The number of hydrogen-bond donors (Lipinski definition) is 2. The third kappa shape index (κ3) is 5.39. The number of aromatic nitrogens is 1. The van der Waals surface area contributed by atoms with E-state index < -0.39 is 0 Å². The van der Waals surface area contributed by atoms with Gasteiger partial charge in [-0.1, -0.05) is 35.9 Å². The van der Waals surface area contributed by atoms with Gasteiger partial charge in [0.2, 0.25) is 11.8 Å². The Morgan fingerprint density at radius 1 is 1.04 bits per heavy atom. The van der Waals surface area contributed by atoms with Crippen LogP contribution in [0.1, 0.15) is 16.1 Å². The number of thiazole rings is 1. The molecule has 0 radical (unpaired) electrons. The van der Waals surface area contributed by atoms with Gasteiger partial charge in [-0.2, -0.15) is 0 Å². The number of rotatable bonds is 7. The predicted molar refractivity (Wildman–Crippen MR) is 106 cm³/mol. The number of halogens is 1. The molecular weight excluding hydrogens is 390 g/mol. The summed E-state index contributed by atoms with van der Waals surface area (Å²) in [5.41, 5.74) is 1.49. The van der Waals surface area contributed by atoms with Crippen LogP contribution in [0.3, 0.4) is 0 Å². The first-order valence-corrected chi connectivity index (χ1v) is 10.0. The van der Waals surface area contributed by atoms with Crippen LogP contribution in [0.4, 0.5) is 5.13 Å². The van der Waals surface area contributed by atoms with Gasteiger partial charge in [0.1, 0.15) is 0 Å². The molecule has 0 saturated carbocycles. The quantitative estimate of drug-likeness (QED) is 0.626.